The summed E-state index contributed by atoms with van der Waals surface area (Å²) in [6.45, 7) is 6.25. The predicted molar refractivity (Wildman–Crippen MR) is 110 cm³/mol. The Labute approximate surface area is 162 Å². The number of likely N-dealkylation sites (N-methyl/N-ethyl adjacent to an activating group) is 1. The van der Waals surface area contributed by atoms with E-state index in [4.69, 9.17) is 4.74 Å². The van der Waals surface area contributed by atoms with Crippen molar-refractivity contribution in [2.75, 3.05) is 26.7 Å². The summed E-state index contributed by atoms with van der Waals surface area (Å²) in [6.07, 6.45) is 1.86. The zero-order chi connectivity index (χ0) is 19.6. The van der Waals surface area contributed by atoms with Gasteiger partial charge in [0.2, 0.25) is 5.43 Å². The van der Waals surface area contributed by atoms with Gasteiger partial charge in [-0.3, -0.25) is 4.79 Å². The zero-order valence-corrected chi connectivity index (χ0v) is 16.6. The van der Waals surface area contributed by atoms with Crippen LogP contribution < -0.4 is 10.2 Å². The SMILES string of the molecule is CC(C)c1ccc(CO)c(=O)c(OCCCN(C)CCc2ccccc2)c1. The Morgan fingerprint density at radius 1 is 1.07 bits per heavy atom. The van der Waals surface area contributed by atoms with Crippen LogP contribution in [0.4, 0.5) is 0 Å². The minimum Gasteiger partial charge on any atom is -0.489 e. The smallest absolute Gasteiger partial charge is 0.225 e. The Morgan fingerprint density at radius 3 is 2.48 bits per heavy atom. The summed E-state index contributed by atoms with van der Waals surface area (Å²) in [5, 5.41) is 9.42. The van der Waals surface area contributed by atoms with Gasteiger partial charge in [-0.05, 0) is 43.0 Å². The van der Waals surface area contributed by atoms with Crippen molar-refractivity contribution in [1.82, 2.24) is 4.90 Å². The maximum Gasteiger partial charge on any atom is 0.225 e. The van der Waals surface area contributed by atoms with Crippen LogP contribution in [0.5, 0.6) is 5.75 Å². The molecular formula is C23H31NO3. The van der Waals surface area contributed by atoms with Crippen LogP contribution in [-0.2, 0) is 13.0 Å². The molecule has 0 atom stereocenters. The molecule has 0 unspecified atom stereocenters. The molecule has 0 aromatic heterocycles. The van der Waals surface area contributed by atoms with E-state index < -0.39 is 0 Å². The van der Waals surface area contributed by atoms with E-state index in [0.717, 1.165) is 31.5 Å². The molecule has 0 radical (unpaired) electrons. The highest BCUT2D eigenvalue weighted by molar-refractivity contribution is 5.33. The molecule has 0 saturated carbocycles. The summed E-state index contributed by atoms with van der Waals surface area (Å²) in [7, 11) is 2.10. The van der Waals surface area contributed by atoms with Gasteiger partial charge in [0, 0.05) is 18.7 Å². The topological polar surface area (TPSA) is 49.8 Å². The molecule has 2 aromatic rings. The molecule has 0 amide bonds. The first-order valence-corrected chi connectivity index (χ1v) is 9.64. The Hall–Kier alpha value is -2.17. The maximum atomic E-state index is 12.5. The van der Waals surface area contributed by atoms with Gasteiger partial charge >= 0.3 is 0 Å². The standard InChI is InChI=1S/C23H31NO3/c1-18(2)20-10-11-21(17-25)23(26)22(16-20)27-15-7-13-24(3)14-12-19-8-5-4-6-9-19/h4-6,8-11,16,18,25H,7,12-15,17H2,1-3H3. The third-order valence-electron chi connectivity index (χ3n) is 4.69. The van der Waals surface area contributed by atoms with Crippen LogP contribution >= 0.6 is 0 Å². The van der Waals surface area contributed by atoms with E-state index in [1.165, 1.54) is 5.56 Å². The first-order valence-electron chi connectivity index (χ1n) is 9.64. The number of nitrogens with zero attached hydrogens (tertiary/aromatic N) is 1. The lowest BCUT2D eigenvalue weighted by molar-refractivity contribution is 0.259. The highest BCUT2D eigenvalue weighted by Gasteiger charge is 2.08. The van der Waals surface area contributed by atoms with Crippen molar-refractivity contribution in [3.8, 4) is 5.75 Å². The van der Waals surface area contributed by atoms with Gasteiger partial charge in [-0.25, -0.2) is 0 Å². The van der Waals surface area contributed by atoms with Crippen LogP contribution in [-0.4, -0.2) is 36.8 Å². The molecule has 27 heavy (non-hydrogen) atoms. The van der Waals surface area contributed by atoms with Gasteiger partial charge < -0.3 is 14.7 Å². The molecule has 4 nitrogen and oxygen atoms in total. The molecule has 146 valence electrons. The summed E-state index contributed by atoms with van der Waals surface area (Å²) in [5.74, 6) is 0.620. The molecule has 0 spiro atoms. The van der Waals surface area contributed by atoms with E-state index in [-0.39, 0.29) is 18.0 Å². The first kappa shape index (κ1) is 21.1. The molecule has 0 aliphatic carbocycles. The van der Waals surface area contributed by atoms with Gasteiger partial charge in [-0.15, -0.1) is 0 Å². The van der Waals surface area contributed by atoms with Crippen LogP contribution in [0.1, 0.15) is 42.9 Å². The fourth-order valence-electron chi connectivity index (χ4n) is 2.88. The van der Waals surface area contributed by atoms with E-state index in [0.29, 0.717) is 17.9 Å². The van der Waals surface area contributed by atoms with Gasteiger partial charge in [0.15, 0.2) is 5.75 Å². The number of benzene rings is 1. The van der Waals surface area contributed by atoms with Crippen LogP contribution in [0.2, 0.25) is 0 Å². The van der Waals surface area contributed by atoms with Crippen molar-refractivity contribution >= 4 is 0 Å². The van der Waals surface area contributed by atoms with Crippen LogP contribution in [0.15, 0.2) is 53.3 Å². The molecule has 1 N–H and O–H groups in total. The summed E-state index contributed by atoms with van der Waals surface area (Å²) < 4.78 is 5.79. The Kier molecular flexibility index (Phi) is 8.49. The molecule has 0 fully saturated rings. The molecule has 0 aliphatic heterocycles. The van der Waals surface area contributed by atoms with Gasteiger partial charge in [-0.2, -0.15) is 0 Å². The molecule has 2 aromatic carbocycles. The Balaban J connectivity index is 1.86. The Morgan fingerprint density at radius 2 is 1.81 bits per heavy atom. The largest absolute Gasteiger partial charge is 0.489 e. The molecule has 4 heteroatoms. The summed E-state index contributed by atoms with van der Waals surface area (Å²) in [5.41, 5.74) is 2.52. The second kappa shape index (κ2) is 10.9. The lowest BCUT2D eigenvalue weighted by Crippen LogP contribution is -2.24. The third-order valence-corrected chi connectivity index (χ3v) is 4.69. The van der Waals surface area contributed by atoms with Crippen molar-refractivity contribution < 1.29 is 9.84 Å². The van der Waals surface area contributed by atoms with Gasteiger partial charge in [-0.1, -0.05) is 56.3 Å². The van der Waals surface area contributed by atoms with E-state index >= 15 is 0 Å². The molecule has 2 rings (SSSR count). The van der Waals surface area contributed by atoms with Gasteiger partial charge in [0.05, 0.1) is 13.2 Å². The second-order valence-corrected chi connectivity index (χ2v) is 7.25. The Bertz CT molecular complexity index is 759. The highest BCUT2D eigenvalue weighted by Crippen LogP contribution is 2.17. The highest BCUT2D eigenvalue weighted by atomic mass is 16.5. The molecular weight excluding hydrogens is 338 g/mol. The third kappa shape index (κ3) is 6.81. The predicted octanol–water partition coefficient (Wildman–Crippen LogP) is 3.61. The quantitative estimate of drug-likeness (QED) is 0.650. The monoisotopic (exact) mass is 369 g/mol. The molecule has 0 saturated heterocycles. The molecule has 0 bridgehead atoms. The average Bonchev–Trinajstić information content (AvgIpc) is 2.83. The fraction of sp³-hybridized carbons (Fsp3) is 0.435. The number of hydrogen-bond donors (Lipinski definition) is 1. The first-order chi connectivity index (χ1) is 13.0. The molecule has 0 aliphatic rings. The second-order valence-electron chi connectivity index (χ2n) is 7.25. The van der Waals surface area contributed by atoms with E-state index in [1.54, 1.807) is 6.07 Å². The fourth-order valence-corrected chi connectivity index (χ4v) is 2.88. The minimum absolute atomic E-state index is 0.221. The number of aliphatic hydroxyl groups excluding tert-OH is 1. The number of aliphatic hydroxyl groups is 1. The van der Waals surface area contributed by atoms with E-state index in [9.17, 15) is 9.90 Å². The summed E-state index contributed by atoms with van der Waals surface area (Å²) >= 11 is 0. The average molecular weight is 370 g/mol. The maximum absolute atomic E-state index is 12.5. The van der Waals surface area contributed by atoms with E-state index in [1.807, 2.05) is 18.2 Å². The number of ether oxygens (including phenoxy) is 1. The van der Waals surface area contributed by atoms with Crippen LogP contribution in [0, 0.1) is 0 Å². The minimum atomic E-state index is -0.274. The van der Waals surface area contributed by atoms with Crippen molar-refractivity contribution in [2.24, 2.45) is 0 Å². The summed E-state index contributed by atoms with van der Waals surface area (Å²) in [6, 6.07) is 15.9. The molecule has 0 heterocycles. The lowest BCUT2D eigenvalue weighted by atomic mass is 10.1. The van der Waals surface area contributed by atoms with Crippen molar-refractivity contribution in [3.63, 3.8) is 0 Å². The van der Waals surface area contributed by atoms with Gasteiger partial charge in [0.25, 0.3) is 0 Å². The van der Waals surface area contributed by atoms with Crippen molar-refractivity contribution in [1.29, 1.82) is 0 Å². The summed E-state index contributed by atoms with van der Waals surface area (Å²) in [4.78, 5) is 14.7. The van der Waals surface area contributed by atoms with E-state index in [2.05, 4.69) is 50.1 Å². The normalized spacial score (nSPS) is 11.2. The lowest BCUT2D eigenvalue weighted by Gasteiger charge is -2.16. The van der Waals surface area contributed by atoms with Crippen LogP contribution in [0.3, 0.4) is 0 Å². The number of hydrogen-bond acceptors (Lipinski definition) is 4. The van der Waals surface area contributed by atoms with Gasteiger partial charge in [0.1, 0.15) is 0 Å². The van der Waals surface area contributed by atoms with Crippen LogP contribution in [0.25, 0.3) is 0 Å². The van der Waals surface area contributed by atoms with Crippen molar-refractivity contribution in [3.05, 3.63) is 75.4 Å². The zero-order valence-electron chi connectivity index (χ0n) is 16.6. The van der Waals surface area contributed by atoms with Crippen molar-refractivity contribution in [2.45, 2.75) is 39.2 Å². The number of rotatable bonds is 10.